The normalized spacial score (nSPS) is 14.4. The summed E-state index contributed by atoms with van der Waals surface area (Å²) in [5.41, 5.74) is 1.77. The molecule has 2 aromatic rings. The van der Waals surface area contributed by atoms with Gasteiger partial charge in [0.05, 0.1) is 7.11 Å². The Hall–Kier alpha value is -3.15. The number of nitrogens with zero attached hydrogens (tertiary/aromatic N) is 1. The summed E-state index contributed by atoms with van der Waals surface area (Å²) in [6.07, 6.45) is 1.21. The number of hydrogen-bond acceptors (Lipinski definition) is 4. The van der Waals surface area contributed by atoms with Gasteiger partial charge in [-0.25, -0.2) is 0 Å². The number of ketones is 1. The maximum absolute atomic E-state index is 12.7. The molecule has 0 radical (unpaired) electrons. The van der Waals surface area contributed by atoms with Crippen LogP contribution in [0.3, 0.4) is 0 Å². The maximum atomic E-state index is 12.7. The molecule has 1 fully saturated rings. The van der Waals surface area contributed by atoms with Crippen molar-refractivity contribution >= 4 is 23.3 Å². The zero-order chi connectivity index (χ0) is 20.1. The van der Waals surface area contributed by atoms with Crippen LogP contribution in [-0.4, -0.2) is 42.7 Å². The Morgan fingerprint density at radius 3 is 2.36 bits per heavy atom. The van der Waals surface area contributed by atoms with Gasteiger partial charge in [-0.05, 0) is 50.1 Å². The van der Waals surface area contributed by atoms with Gasteiger partial charge in [-0.1, -0.05) is 18.2 Å². The van der Waals surface area contributed by atoms with Crippen molar-refractivity contribution in [3.05, 3.63) is 59.7 Å². The molecule has 0 aromatic heterocycles. The summed E-state index contributed by atoms with van der Waals surface area (Å²) in [6, 6.07) is 14.0. The monoisotopic (exact) mass is 380 g/mol. The Labute approximate surface area is 164 Å². The van der Waals surface area contributed by atoms with Gasteiger partial charge in [-0.3, -0.25) is 14.4 Å². The van der Waals surface area contributed by atoms with E-state index in [2.05, 4.69) is 5.32 Å². The van der Waals surface area contributed by atoms with E-state index in [0.29, 0.717) is 48.5 Å². The van der Waals surface area contributed by atoms with E-state index in [1.54, 1.807) is 60.5 Å². The van der Waals surface area contributed by atoms with Crippen LogP contribution >= 0.6 is 0 Å². The SMILES string of the molecule is COc1cccc(C(=O)N2CCC(C(=O)Nc3cccc(C(C)=O)c3)CC2)c1. The Kier molecular flexibility index (Phi) is 6.09. The molecule has 0 atom stereocenters. The Morgan fingerprint density at radius 2 is 1.68 bits per heavy atom. The van der Waals surface area contributed by atoms with Crippen LogP contribution in [0.4, 0.5) is 5.69 Å². The number of likely N-dealkylation sites (tertiary alicyclic amines) is 1. The fourth-order valence-corrected chi connectivity index (χ4v) is 3.34. The Morgan fingerprint density at radius 1 is 1.00 bits per heavy atom. The minimum atomic E-state index is -0.157. The molecule has 0 spiro atoms. The smallest absolute Gasteiger partial charge is 0.253 e. The van der Waals surface area contributed by atoms with Crippen molar-refractivity contribution in [3.63, 3.8) is 0 Å². The molecule has 0 bridgehead atoms. The highest BCUT2D eigenvalue weighted by Crippen LogP contribution is 2.22. The van der Waals surface area contributed by atoms with Crippen LogP contribution in [0.1, 0.15) is 40.5 Å². The van der Waals surface area contributed by atoms with Gasteiger partial charge in [0.2, 0.25) is 5.91 Å². The number of methoxy groups -OCH3 is 1. The van der Waals surface area contributed by atoms with Gasteiger partial charge in [0, 0.05) is 35.8 Å². The number of anilines is 1. The molecule has 1 heterocycles. The first-order valence-electron chi connectivity index (χ1n) is 9.33. The van der Waals surface area contributed by atoms with Gasteiger partial charge >= 0.3 is 0 Å². The summed E-state index contributed by atoms with van der Waals surface area (Å²) < 4.78 is 5.18. The number of nitrogens with one attached hydrogen (secondary N) is 1. The molecular formula is C22H24N2O4. The summed E-state index contributed by atoms with van der Waals surface area (Å²) in [7, 11) is 1.57. The summed E-state index contributed by atoms with van der Waals surface area (Å²) in [6.45, 7) is 2.55. The van der Waals surface area contributed by atoms with Crippen LogP contribution in [0.5, 0.6) is 5.75 Å². The number of piperidine rings is 1. The molecule has 6 nitrogen and oxygen atoms in total. The van der Waals surface area contributed by atoms with Gasteiger partial charge in [0.25, 0.3) is 5.91 Å². The minimum absolute atomic E-state index is 0.0412. The lowest BCUT2D eigenvalue weighted by Gasteiger charge is -2.31. The maximum Gasteiger partial charge on any atom is 0.253 e. The first-order valence-corrected chi connectivity index (χ1v) is 9.33. The van der Waals surface area contributed by atoms with Gasteiger partial charge < -0.3 is 15.0 Å². The minimum Gasteiger partial charge on any atom is -0.497 e. The fraction of sp³-hybridized carbons (Fsp3) is 0.318. The Balaban J connectivity index is 1.57. The first-order chi connectivity index (χ1) is 13.5. The van der Waals surface area contributed by atoms with Gasteiger partial charge in [0.15, 0.2) is 5.78 Å². The number of carbonyl (C=O) groups is 3. The number of amides is 2. The topological polar surface area (TPSA) is 75.7 Å². The summed E-state index contributed by atoms with van der Waals surface area (Å²) in [5, 5.41) is 2.89. The molecule has 146 valence electrons. The van der Waals surface area contributed by atoms with Crippen molar-refractivity contribution in [1.82, 2.24) is 4.90 Å². The molecule has 3 rings (SSSR count). The molecule has 1 saturated heterocycles. The fourth-order valence-electron chi connectivity index (χ4n) is 3.34. The molecule has 1 aliphatic heterocycles. The number of carbonyl (C=O) groups excluding carboxylic acids is 3. The number of benzene rings is 2. The quantitative estimate of drug-likeness (QED) is 0.807. The highest BCUT2D eigenvalue weighted by Gasteiger charge is 2.28. The zero-order valence-electron chi connectivity index (χ0n) is 16.1. The highest BCUT2D eigenvalue weighted by atomic mass is 16.5. The number of hydrogen-bond donors (Lipinski definition) is 1. The second kappa shape index (κ2) is 8.69. The molecular weight excluding hydrogens is 356 g/mol. The molecule has 1 aliphatic rings. The van der Waals surface area contributed by atoms with Crippen molar-refractivity contribution in [2.24, 2.45) is 5.92 Å². The molecule has 2 amide bonds. The van der Waals surface area contributed by atoms with Gasteiger partial charge in [-0.15, -0.1) is 0 Å². The molecule has 0 saturated carbocycles. The number of Topliss-reactive ketones (excluding diaryl/α,β-unsaturated/α-hetero) is 1. The summed E-state index contributed by atoms with van der Waals surface area (Å²) >= 11 is 0. The van der Waals surface area contributed by atoms with E-state index in [0.717, 1.165) is 0 Å². The van der Waals surface area contributed by atoms with E-state index in [1.807, 2.05) is 0 Å². The average Bonchev–Trinajstić information content (AvgIpc) is 2.73. The van der Waals surface area contributed by atoms with Crippen LogP contribution in [-0.2, 0) is 4.79 Å². The van der Waals surface area contributed by atoms with Crippen molar-refractivity contribution in [2.45, 2.75) is 19.8 Å². The molecule has 0 unspecified atom stereocenters. The van der Waals surface area contributed by atoms with Crippen molar-refractivity contribution in [1.29, 1.82) is 0 Å². The lowest BCUT2D eigenvalue weighted by Crippen LogP contribution is -2.41. The van der Waals surface area contributed by atoms with Crippen LogP contribution in [0.2, 0.25) is 0 Å². The lowest BCUT2D eigenvalue weighted by atomic mass is 9.95. The zero-order valence-corrected chi connectivity index (χ0v) is 16.1. The largest absolute Gasteiger partial charge is 0.497 e. The molecule has 0 aliphatic carbocycles. The van der Waals surface area contributed by atoms with Gasteiger partial charge in [-0.2, -0.15) is 0 Å². The number of ether oxygens (including phenoxy) is 1. The van der Waals surface area contributed by atoms with E-state index < -0.39 is 0 Å². The van der Waals surface area contributed by atoms with Gasteiger partial charge in [0.1, 0.15) is 5.75 Å². The average molecular weight is 380 g/mol. The molecule has 2 aromatic carbocycles. The molecule has 6 heteroatoms. The molecule has 28 heavy (non-hydrogen) atoms. The summed E-state index contributed by atoms with van der Waals surface area (Å²) in [5.74, 6) is 0.324. The predicted octanol–water partition coefficient (Wildman–Crippen LogP) is 3.39. The van der Waals surface area contributed by atoms with Crippen molar-refractivity contribution in [2.75, 3.05) is 25.5 Å². The van der Waals surface area contributed by atoms with Crippen LogP contribution in [0.25, 0.3) is 0 Å². The molecule has 1 N–H and O–H groups in total. The lowest BCUT2D eigenvalue weighted by molar-refractivity contribution is -0.121. The highest BCUT2D eigenvalue weighted by molar-refractivity contribution is 5.98. The first kappa shape index (κ1) is 19.6. The van der Waals surface area contributed by atoms with E-state index in [9.17, 15) is 14.4 Å². The predicted molar refractivity (Wildman–Crippen MR) is 107 cm³/mol. The van der Waals surface area contributed by atoms with E-state index >= 15 is 0 Å². The van der Waals surface area contributed by atoms with Crippen molar-refractivity contribution in [3.8, 4) is 5.75 Å². The standard InChI is InChI=1S/C22H24N2O4/c1-15(25)17-5-3-7-19(13-17)23-21(26)16-9-11-24(12-10-16)22(27)18-6-4-8-20(14-18)28-2/h3-8,13-14,16H,9-12H2,1-2H3,(H,23,26). The third-order valence-corrected chi connectivity index (χ3v) is 5.01. The second-order valence-electron chi connectivity index (χ2n) is 6.92. The van der Waals surface area contributed by atoms with E-state index in [-0.39, 0.29) is 23.5 Å². The third kappa shape index (κ3) is 4.57. The third-order valence-electron chi connectivity index (χ3n) is 5.01. The van der Waals surface area contributed by atoms with Crippen LogP contribution in [0.15, 0.2) is 48.5 Å². The number of rotatable bonds is 5. The second-order valence-corrected chi connectivity index (χ2v) is 6.92. The Bertz CT molecular complexity index is 886. The summed E-state index contributed by atoms with van der Waals surface area (Å²) in [4.78, 5) is 38.5. The van der Waals surface area contributed by atoms with Crippen LogP contribution in [0, 0.1) is 5.92 Å². The van der Waals surface area contributed by atoms with E-state index in [4.69, 9.17) is 4.74 Å². The van der Waals surface area contributed by atoms with Crippen molar-refractivity contribution < 1.29 is 19.1 Å². The van der Waals surface area contributed by atoms with Crippen LogP contribution < -0.4 is 10.1 Å². The van der Waals surface area contributed by atoms with E-state index in [1.165, 1.54) is 6.92 Å².